The van der Waals surface area contributed by atoms with Gasteiger partial charge >= 0.3 is 0 Å². The highest BCUT2D eigenvalue weighted by Crippen LogP contribution is 2.70. The van der Waals surface area contributed by atoms with Crippen LogP contribution in [0.15, 0.2) is 24.3 Å². The van der Waals surface area contributed by atoms with Crippen LogP contribution in [0.4, 0.5) is 10.1 Å². The molecule has 1 N–H and O–H groups in total. The lowest BCUT2D eigenvalue weighted by molar-refractivity contribution is -0.125. The van der Waals surface area contributed by atoms with E-state index in [4.69, 9.17) is 0 Å². The fourth-order valence-corrected chi connectivity index (χ4v) is 4.91. The normalized spacial score (nSPS) is 26.2. The van der Waals surface area contributed by atoms with Crippen LogP contribution in [0.25, 0.3) is 0 Å². The van der Waals surface area contributed by atoms with E-state index in [0.29, 0.717) is 23.5 Å². The maximum atomic E-state index is 13.5. The minimum atomic E-state index is -0.988. The second-order valence-electron chi connectivity index (χ2n) is 8.17. The van der Waals surface area contributed by atoms with Gasteiger partial charge in [0.2, 0.25) is 5.91 Å². The average molecular weight is 375 g/mol. The van der Waals surface area contributed by atoms with E-state index < -0.39 is 16.2 Å². The summed E-state index contributed by atoms with van der Waals surface area (Å²) in [5, 5.41) is 21.6. The second kappa shape index (κ2) is 5.59. The SMILES string of the molecule is CC12CCC(C(=O)Nc3ccc(F)cc3)(c3nc(C#N)c(C#N)nc31)C2(C)C. The number of benzene rings is 1. The number of nitrogens with one attached hydrogen (secondary N) is 1. The maximum absolute atomic E-state index is 13.5. The largest absolute Gasteiger partial charge is 0.325 e. The number of halogens is 1. The Morgan fingerprint density at radius 2 is 1.61 bits per heavy atom. The van der Waals surface area contributed by atoms with Gasteiger partial charge in [-0.25, -0.2) is 14.4 Å². The molecule has 4 rings (SSSR count). The van der Waals surface area contributed by atoms with Crippen molar-refractivity contribution in [1.82, 2.24) is 9.97 Å². The molecule has 0 spiro atoms. The van der Waals surface area contributed by atoms with Crippen molar-refractivity contribution in [2.75, 3.05) is 5.32 Å². The third-order valence-electron chi connectivity index (χ3n) is 6.97. The van der Waals surface area contributed by atoms with Crippen LogP contribution >= 0.6 is 0 Å². The third kappa shape index (κ3) is 1.96. The van der Waals surface area contributed by atoms with Crippen molar-refractivity contribution in [3.63, 3.8) is 0 Å². The van der Waals surface area contributed by atoms with E-state index in [1.165, 1.54) is 24.3 Å². The monoisotopic (exact) mass is 375 g/mol. The van der Waals surface area contributed by atoms with Crippen LogP contribution in [-0.2, 0) is 15.6 Å². The van der Waals surface area contributed by atoms with Crippen molar-refractivity contribution in [1.29, 1.82) is 10.5 Å². The number of carbonyl (C=O) groups excluding carboxylic acids is 1. The summed E-state index contributed by atoms with van der Waals surface area (Å²) in [6.45, 7) is 6.05. The summed E-state index contributed by atoms with van der Waals surface area (Å²) < 4.78 is 13.2. The number of fused-ring (bicyclic) bond motifs is 5. The average Bonchev–Trinajstić information content (AvgIpc) is 2.98. The Balaban J connectivity index is 1.89. The molecule has 6 nitrogen and oxygen atoms in total. The van der Waals surface area contributed by atoms with E-state index in [-0.39, 0.29) is 23.1 Å². The number of nitrogens with zero attached hydrogens (tertiary/aromatic N) is 4. The number of carbonyl (C=O) groups is 1. The van der Waals surface area contributed by atoms with E-state index in [1.807, 2.05) is 32.9 Å². The van der Waals surface area contributed by atoms with Crippen molar-refractivity contribution in [2.45, 2.75) is 44.4 Å². The quantitative estimate of drug-likeness (QED) is 0.867. The zero-order valence-electron chi connectivity index (χ0n) is 15.8. The van der Waals surface area contributed by atoms with Gasteiger partial charge in [0, 0.05) is 11.1 Å². The molecule has 1 aromatic carbocycles. The zero-order chi connectivity index (χ0) is 20.3. The van der Waals surface area contributed by atoms with Gasteiger partial charge in [0.05, 0.1) is 16.8 Å². The fraction of sp³-hybridized carbons (Fsp3) is 0.381. The Morgan fingerprint density at radius 3 is 2.18 bits per heavy atom. The summed E-state index contributed by atoms with van der Waals surface area (Å²) in [5.41, 5.74) is -0.474. The first kappa shape index (κ1) is 18.1. The first-order valence-corrected chi connectivity index (χ1v) is 9.01. The van der Waals surface area contributed by atoms with Crippen LogP contribution in [-0.4, -0.2) is 15.9 Å². The number of nitriles is 2. The molecular formula is C21H18FN5O. The molecule has 2 aliphatic rings. The molecule has 2 aromatic rings. The Bertz CT molecular complexity index is 1100. The van der Waals surface area contributed by atoms with Crippen molar-refractivity contribution in [3.8, 4) is 12.1 Å². The first-order chi connectivity index (χ1) is 13.2. The maximum Gasteiger partial charge on any atom is 0.237 e. The Hall–Kier alpha value is -3.32. The van der Waals surface area contributed by atoms with Crippen LogP contribution in [0.5, 0.6) is 0 Å². The number of hydrogen-bond donors (Lipinski definition) is 1. The number of aromatic nitrogens is 2. The number of anilines is 1. The molecule has 1 fully saturated rings. The summed E-state index contributed by atoms with van der Waals surface area (Å²) in [6.07, 6.45) is 1.28. The summed E-state index contributed by atoms with van der Waals surface area (Å²) in [7, 11) is 0. The number of amides is 1. The molecule has 1 amide bonds. The molecule has 1 saturated carbocycles. The van der Waals surface area contributed by atoms with E-state index in [2.05, 4.69) is 15.3 Å². The van der Waals surface area contributed by atoms with Gasteiger partial charge < -0.3 is 5.32 Å². The molecule has 140 valence electrons. The lowest BCUT2D eigenvalue weighted by Gasteiger charge is -2.39. The predicted molar refractivity (Wildman–Crippen MR) is 98.5 cm³/mol. The first-order valence-electron chi connectivity index (χ1n) is 9.01. The van der Waals surface area contributed by atoms with Gasteiger partial charge in [-0.1, -0.05) is 20.8 Å². The molecule has 0 radical (unpaired) electrons. The standard InChI is InChI=1S/C21H18FN5O/c1-19(2)20(3)8-9-21(19,18(28)25-13-6-4-12(22)5-7-13)17-16(20)26-14(10-23)15(11-24)27-17/h4-7H,8-9H2,1-3H3,(H,25,28). The van der Waals surface area contributed by atoms with Crippen molar-refractivity contribution in [3.05, 3.63) is 52.9 Å². The highest BCUT2D eigenvalue weighted by molar-refractivity contribution is 6.01. The highest BCUT2D eigenvalue weighted by atomic mass is 19.1. The summed E-state index contributed by atoms with van der Waals surface area (Å²) in [6, 6.07) is 9.43. The zero-order valence-corrected chi connectivity index (χ0v) is 15.8. The lowest BCUT2D eigenvalue weighted by atomic mass is 9.63. The Morgan fingerprint density at radius 1 is 1.04 bits per heavy atom. The van der Waals surface area contributed by atoms with Gasteiger partial charge in [0.25, 0.3) is 0 Å². The molecule has 2 bridgehead atoms. The van der Waals surface area contributed by atoms with Gasteiger partial charge in [0.1, 0.15) is 18.0 Å². The number of rotatable bonds is 2. The van der Waals surface area contributed by atoms with Crippen molar-refractivity contribution < 1.29 is 9.18 Å². The highest BCUT2D eigenvalue weighted by Gasteiger charge is 2.73. The molecule has 1 aromatic heterocycles. The lowest BCUT2D eigenvalue weighted by Crippen LogP contribution is -2.48. The van der Waals surface area contributed by atoms with Crippen molar-refractivity contribution in [2.24, 2.45) is 5.41 Å². The third-order valence-corrected chi connectivity index (χ3v) is 6.97. The van der Waals surface area contributed by atoms with Crippen molar-refractivity contribution >= 4 is 11.6 Å². The molecular weight excluding hydrogens is 357 g/mol. The van der Waals surface area contributed by atoms with Crippen LogP contribution in [0.3, 0.4) is 0 Å². The minimum absolute atomic E-state index is 0.0140. The molecule has 2 aliphatic carbocycles. The fourth-order valence-electron chi connectivity index (χ4n) is 4.91. The van der Waals surface area contributed by atoms with Gasteiger partial charge in [-0.2, -0.15) is 10.5 Å². The number of hydrogen-bond acceptors (Lipinski definition) is 5. The molecule has 2 unspecified atom stereocenters. The van der Waals surface area contributed by atoms with Crippen LogP contribution in [0.1, 0.15) is 56.4 Å². The van der Waals surface area contributed by atoms with E-state index in [1.54, 1.807) is 0 Å². The Labute approximate surface area is 162 Å². The smallest absolute Gasteiger partial charge is 0.237 e. The molecule has 0 aliphatic heterocycles. The van der Waals surface area contributed by atoms with Gasteiger partial charge in [-0.15, -0.1) is 0 Å². The van der Waals surface area contributed by atoms with Gasteiger partial charge in [0.15, 0.2) is 11.4 Å². The molecule has 1 heterocycles. The molecule has 2 atom stereocenters. The molecule has 28 heavy (non-hydrogen) atoms. The van der Waals surface area contributed by atoms with E-state index in [9.17, 15) is 19.7 Å². The van der Waals surface area contributed by atoms with Crippen LogP contribution < -0.4 is 5.32 Å². The summed E-state index contributed by atoms with van der Waals surface area (Å²) >= 11 is 0. The van der Waals surface area contributed by atoms with E-state index >= 15 is 0 Å². The van der Waals surface area contributed by atoms with Gasteiger partial charge in [-0.05, 0) is 42.5 Å². The minimum Gasteiger partial charge on any atom is -0.325 e. The topological polar surface area (TPSA) is 102 Å². The predicted octanol–water partition coefficient (Wildman–Crippen LogP) is 3.33. The Kier molecular flexibility index (Phi) is 3.61. The molecule has 7 heteroatoms. The summed E-state index contributed by atoms with van der Waals surface area (Å²) in [5.74, 6) is -0.640. The summed E-state index contributed by atoms with van der Waals surface area (Å²) in [4.78, 5) is 22.4. The second-order valence-corrected chi connectivity index (χ2v) is 8.17. The van der Waals surface area contributed by atoms with Gasteiger partial charge in [-0.3, -0.25) is 4.79 Å². The molecule has 0 saturated heterocycles. The van der Waals surface area contributed by atoms with Crippen LogP contribution in [0.2, 0.25) is 0 Å². The van der Waals surface area contributed by atoms with Crippen LogP contribution in [0, 0.1) is 33.9 Å². The van der Waals surface area contributed by atoms with E-state index in [0.717, 1.165) is 6.42 Å².